The summed E-state index contributed by atoms with van der Waals surface area (Å²) in [6, 6.07) is 7.10. The number of halogens is 2. The monoisotopic (exact) mass is 438 g/mol. The normalized spacial score (nSPS) is 15.9. The fourth-order valence-corrected chi connectivity index (χ4v) is 4.47. The molecule has 1 aromatic heterocycles. The van der Waals surface area contributed by atoms with E-state index in [1.54, 1.807) is 31.4 Å². The molecule has 0 unspecified atom stereocenters. The van der Waals surface area contributed by atoms with Gasteiger partial charge in [0, 0.05) is 40.7 Å². The molecule has 1 aliphatic heterocycles. The first-order chi connectivity index (χ1) is 13.3. The predicted octanol–water partition coefficient (Wildman–Crippen LogP) is 5.29. The number of nitrogens with zero attached hydrogens (tertiary/aromatic N) is 2. The van der Waals surface area contributed by atoms with Crippen LogP contribution in [-0.4, -0.2) is 34.3 Å². The molecule has 0 aliphatic carbocycles. The maximum absolute atomic E-state index is 12.8. The van der Waals surface area contributed by atoms with Gasteiger partial charge in [-0.1, -0.05) is 29.3 Å². The minimum Gasteiger partial charge on any atom is -0.383 e. The Kier molecular flexibility index (Phi) is 6.55. The lowest BCUT2D eigenvalue weighted by molar-refractivity contribution is -0.123. The van der Waals surface area contributed by atoms with Crippen molar-refractivity contribution in [2.24, 2.45) is 0 Å². The van der Waals surface area contributed by atoms with Crippen molar-refractivity contribution < 1.29 is 14.3 Å². The zero-order valence-electron chi connectivity index (χ0n) is 15.8. The molecule has 3 rings (SSSR count). The van der Waals surface area contributed by atoms with Crippen LogP contribution >= 0.6 is 35.0 Å². The Morgan fingerprint density at radius 2 is 1.86 bits per heavy atom. The van der Waals surface area contributed by atoms with Gasteiger partial charge in [-0.2, -0.15) is 0 Å². The maximum atomic E-state index is 12.8. The third-order valence-electron chi connectivity index (χ3n) is 4.67. The number of carbonyl (C=O) groups is 2. The van der Waals surface area contributed by atoms with E-state index in [-0.39, 0.29) is 17.7 Å². The van der Waals surface area contributed by atoms with Crippen LogP contribution in [0.1, 0.15) is 22.5 Å². The van der Waals surface area contributed by atoms with Crippen LogP contribution in [0.15, 0.2) is 29.2 Å². The van der Waals surface area contributed by atoms with E-state index in [0.717, 1.165) is 35.3 Å². The number of hydrogen-bond donors (Lipinski definition) is 0. The molecule has 0 N–H and O–H groups in total. The molecule has 0 bridgehead atoms. The van der Waals surface area contributed by atoms with Crippen molar-refractivity contribution in [3.63, 3.8) is 0 Å². The number of carbonyl (C=O) groups excluding carboxylic acids is 2. The highest BCUT2D eigenvalue weighted by atomic mass is 35.5. The third-order valence-corrected chi connectivity index (χ3v) is 6.29. The zero-order chi connectivity index (χ0) is 20.4. The fraction of sp³-hybridized carbons (Fsp3) is 0.300. The van der Waals surface area contributed by atoms with Gasteiger partial charge >= 0.3 is 0 Å². The molecule has 1 aromatic carbocycles. The van der Waals surface area contributed by atoms with Crippen LogP contribution < -0.4 is 0 Å². The summed E-state index contributed by atoms with van der Waals surface area (Å²) in [5.41, 5.74) is 3.57. The SMILES string of the molecule is COCCn1c(C)cc(/C=C2\SC(=O)N(Cc3c(Cl)cccc3Cl)C2=O)c1C. The lowest BCUT2D eigenvalue weighted by Crippen LogP contribution is -2.27. The van der Waals surface area contributed by atoms with Crippen molar-refractivity contribution in [2.75, 3.05) is 13.7 Å². The number of methoxy groups -OCH3 is 1. The van der Waals surface area contributed by atoms with Crippen LogP contribution in [0, 0.1) is 13.8 Å². The molecule has 5 nitrogen and oxygen atoms in total. The van der Waals surface area contributed by atoms with Gasteiger partial charge in [0.15, 0.2) is 0 Å². The van der Waals surface area contributed by atoms with E-state index >= 15 is 0 Å². The van der Waals surface area contributed by atoms with Crippen molar-refractivity contribution in [1.29, 1.82) is 0 Å². The second-order valence-electron chi connectivity index (χ2n) is 6.44. The number of imide groups is 1. The molecule has 148 valence electrons. The third kappa shape index (κ3) is 4.15. The van der Waals surface area contributed by atoms with Gasteiger partial charge in [-0.05, 0) is 55.4 Å². The van der Waals surface area contributed by atoms with Crippen LogP contribution in [0.5, 0.6) is 0 Å². The Morgan fingerprint density at radius 3 is 2.50 bits per heavy atom. The number of rotatable bonds is 6. The second kappa shape index (κ2) is 8.74. The first-order valence-electron chi connectivity index (χ1n) is 8.67. The smallest absolute Gasteiger partial charge is 0.293 e. The summed E-state index contributed by atoms with van der Waals surface area (Å²) in [7, 11) is 1.66. The number of thioether (sulfide) groups is 1. The van der Waals surface area contributed by atoms with Gasteiger partial charge in [0.05, 0.1) is 18.1 Å². The maximum Gasteiger partial charge on any atom is 0.293 e. The predicted molar refractivity (Wildman–Crippen MR) is 114 cm³/mol. The summed E-state index contributed by atoms with van der Waals surface area (Å²) in [6.07, 6.45) is 1.77. The molecule has 0 saturated carbocycles. The molecule has 1 aliphatic rings. The van der Waals surface area contributed by atoms with Crippen LogP contribution in [0.4, 0.5) is 4.79 Å². The van der Waals surface area contributed by atoms with Gasteiger partial charge in [0.2, 0.25) is 0 Å². The lowest BCUT2D eigenvalue weighted by Gasteiger charge is -2.14. The summed E-state index contributed by atoms with van der Waals surface area (Å²) in [5.74, 6) is -0.340. The van der Waals surface area contributed by atoms with Crippen molar-refractivity contribution in [3.8, 4) is 0 Å². The van der Waals surface area contributed by atoms with E-state index < -0.39 is 0 Å². The first-order valence-corrected chi connectivity index (χ1v) is 10.2. The Labute approximate surface area is 178 Å². The Balaban J connectivity index is 1.86. The van der Waals surface area contributed by atoms with Crippen LogP contribution in [-0.2, 0) is 22.6 Å². The molecule has 2 aromatic rings. The number of ether oxygens (including phenoxy) is 1. The van der Waals surface area contributed by atoms with Gasteiger partial charge in [0.1, 0.15) is 0 Å². The molecule has 2 amide bonds. The lowest BCUT2D eigenvalue weighted by atomic mass is 10.2. The zero-order valence-corrected chi connectivity index (χ0v) is 18.1. The first kappa shape index (κ1) is 21.0. The van der Waals surface area contributed by atoms with Crippen molar-refractivity contribution in [1.82, 2.24) is 9.47 Å². The molecular weight excluding hydrogens is 419 g/mol. The highest BCUT2D eigenvalue weighted by molar-refractivity contribution is 8.18. The number of hydrogen-bond acceptors (Lipinski definition) is 4. The van der Waals surface area contributed by atoms with Crippen molar-refractivity contribution >= 4 is 52.2 Å². The van der Waals surface area contributed by atoms with E-state index in [9.17, 15) is 9.59 Å². The van der Waals surface area contributed by atoms with E-state index in [0.29, 0.717) is 27.1 Å². The summed E-state index contributed by atoms with van der Waals surface area (Å²) < 4.78 is 7.28. The molecule has 2 heterocycles. The fourth-order valence-electron chi connectivity index (χ4n) is 3.12. The second-order valence-corrected chi connectivity index (χ2v) is 8.25. The standard InChI is InChI=1S/C20H20Cl2N2O3S/c1-12-9-14(13(2)23(12)7-8-27-3)10-18-19(25)24(20(26)28-18)11-15-16(21)5-4-6-17(15)22/h4-6,9-10H,7-8,11H2,1-3H3/b18-10-. The average Bonchev–Trinajstić information content (AvgIpc) is 3.06. The number of aromatic nitrogens is 1. The summed E-state index contributed by atoms with van der Waals surface area (Å²) in [4.78, 5) is 26.8. The highest BCUT2D eigenvalue weighted by Crippen LogP contribution is 2.36. The average molecular weight is 439 g/mol. The molecule has 0 radical (unpaired) electrons. The summed E-state index contributed by atoms with van der Waals surface area (Å²) in [6.45, 7) is 5.38. The van der Waals surface area contributed by atoms with E-state index in [2.05, 4.69) is 4.57 Å². The summed E-state index contributed by atoms with van der Waals surface area (Å²) >= 11 is 13.3. The quantitative estimate of drug-likeness (QED) is 0.574. The summed E-state index contributed by atoms with van der Waals surface area (Å²) in [5, 5.41) is 0.523. The Hall–Kier alpha value is -1.73. The molecule has 28 heavy (non-hydrogen) atoms. The van der Waals surface area contributed by atoms with Gasteiger partial charge in [-0.15, -0.1) is 0 Å². The van der Waals surface area contributed by atoms with Crippen LogP contribution in [0.25, 0.3) is 6.08 Å². The topological polar surface area (TPSA) is 51.5 Å². The number of aryl methyl sites for hydroxylation is 1. The minimum absolute atomic E-state index is 0.0490. The van der Waals surface area contributed by atoms with Crippen molar-refractivity contribution in [2.45, 2.75) is 26.9 Å². The van der Waals surface area contributed by atoms with Gasteiger partial charge < -0.3 is 9.30 Å². The molecule has 1 fully saturated rings. The molecule has 1 saturated heterocycles. The molecule has 0 atom stereocenters. The molecular formula is C20H20Cl2N2O3S. The van der Waals surface area contributed by atoms with Crippen molar-refractivity contribution in [3.05, 3.63) is 61.7 Å². The highest BCUT2D eigenvalue weighted by Gasteiger charge is 2.36. The van der Waals surface area contributed by atoms with E-state index in [4.69, 9.17) is 27.9 Å². The largest absolute Gasteiger partial charge is 0.383 e. The van der Waals surface area contributed by atoms with Gasteiger partial charge in [-0.25, -0.2) is 0 Å². The Morgan fingerprint density at radius 1 is 1.18 bits per heavy atom. The van der Waals surface area contributed by atoms with Gasteiger partial charge in [0.25, 0.3) is 11.1 Å². The van der Waals surface area contributed by atoms with E-state index in [1.807, 2.05) is 19.9 Å². The molecule has 8 heteroatoms. The van der Waals surface area contributed by atoms with E-state index in [1.165, 1.54) is 4.90 Å². The number of amides is 2. The number of benzene rings is 1. The molecule has 0 spiro atoms. The van der Waals surface area contributed by atoms with Gasteiger partial charge in [-0.3, -0.25) is 14.5 Å². The van der Waals surface area contributed by atoms with Crippen LogP contribution in [0.3, 0.4) is 0 Å². The minimum atomic E-state index is -0.340. The Bertz CT molecular complexity index is 948. The van der Waals surface area contributed by atoms with Crippen LogP contribution in [0.2, 0.25) is 10.0 Å².